The molecule has 0 aliphatic heterocycles. The highest BCUT2D eigenvalue weighted by molar-refractivity contribution is 4.88. The van der Waals surface area contributed by atoms with Crippen LogP contribution in [0.15, 0.2) is 0 Å². The molecule has 2 rings (SSSR count). The van der Waals surface area contributed by atoms with Gasteiger partial charge in [-0.2, -0.15) is 0 Å². The van der Waals surface area contributed by atoms with Crippen molar-refractivity contribution < 1.29 is 4.74 Å². The molecule has 0 radical (unpaired) electrons. The first-order valence-electron chi connectivity index (χ1n) is 8.30. The van der Waals surface area contributed by atoms with Gasteiger partial charge in [-0.3, -0.25) is 0 Å². The molecule has 2 fully saturated rings. The van der Waals surface area contributed by atoms with Crippen LogP contribution < -0.4 is 5.73 Å². The molecular formula is C17H33NO. The molecule has 0 aromatic rings. The third-order valence-electron chi connectivity index (χ3n) is 5.24. The maximum Gasteiger partial charge on any atom is 0.0732 e. The van der Waals surface area contributed by atoms with Crippen LogP contribution >= 0.6 is 0 Å². The second kappa shape index (κ2) is 6.13. The van der Waals surface area contributed by atoms with Crippen LogP contribution in [-0.2, 0) is 4.74 Å². The maximum absolute atomic E-state index is 6.46. The molecule has 2 aliphatic rings. The van der Waals surface area contributed by atoms with Gasteiger partial charge in [0.05, 0.1) is 12.2 Å². The molecule has 0 aromatic heterocycles. The smallest absolute Gasteiger partial charge is 0.0732 e. The van der Waals surface area contributed by atoms with E-state index in [1.165, 1.54) is 38.5 Å². The van der Waals surface area contributed by atoms with E-state index in [0.717, 1.165) is 18.3 Å². The first kappa shape index (κ1) is 15.3. The topological polar surface area (TPSA) is 35.2 Å². The third-order valence-corrected chi connectivity index (χ3v) is 5.24. The summed E-state index contributed by atoms with van der Waals surface area (Å²) in [6.07, 6.45) is 9.42. The van der Waals surface area contributed by atoms with Gasteiger partial charge >= 0.3 is 0 Å². The molecule has 5 atom stereocenters. The standard InChI is InChI=1S/C17H33NO/c1-5-13-6-7-15(18)16(9-13)19-14-8-12(2)10-17(3,4)11-14/h12-16H,5-11,18H2,1-4H3. The molecular weight excluding hydrogens is 234 g/mol. The first-order chi connectivity index (χ1) is 8.89. The summed E-state index contributed by atoms with van der Waals surface area (Å²) >= 11 is 0. The quantitative estimate of drug-likeness (QED) is 0.834. The SMILES string of the molecule is CCC1CCC(N)C(OC2CC(C)CC(C)(C)C2)C1. The summed E-state index contributed by atoms with van der Waals surface area (Å²) in [5, 5.41) is 0. The monoisotopic (exact) mass is 267 g/mol. The van der Waals surface area contributed by atoms with Gasteiger partial charge in [0.2, 0.25) is 0 Å². The molecule has 2 aliphatic carbocycles. The van der Waals surface area contributed by atoms with E-state index >= 15 is 0 Å². The Labute approximate surface area is 119 Å². The van der Waals surface area contributed by atoms with Crippen LogP contribution in [0.4, 0.5) is 0 Å². The van der Waals surface area contributed by atoms with Gasteiger partial charge in [0, 0.05) is 6.04 Å². The molecule has 2 saturated carbocycles. The van der Waals surface area contributed by atoms with Crippen molar-refractivity contribution in [3.05, 3.63) is 0 Å². The molecule has 0 aromatic carbocycles. The molecule has 19 heavy (non-hydrogen) atoms. The lowest BCUT2D eigenvalue weighted by Crippen LogP contribution is -2.45. The fraction of sp³-hybridized carbons (Fsp3) is 1.00. The van der Waals surface area contributed by atoms with Crippen LogP contribution in [-0.4, -0.2) is 18.2 Å². The molecule has 0 heterocycles. The Morgan fingerprint density at radius 1 is 1.16 bits per heavy atom. The molecule has 5 unspecified atom stereocenters. The summed E-state index contributed by atoms with van der Waals surface area (Å²) < 4.78 is 6.46. The van der Waals surface area contributed by atoms with Crippen molar-refractivity contribution >= 4 is 0 Å². The number of nitrogens with two attached hydrogens (primary N) is 1. The Morgan fingerprint density at radius 2 is 1.89 bits per heavy atom. The average Bonchev–Trinajstić information content (AvgIpc) is 2.29. The largest absolute Gasteiger partial charge is 0.373 e. The summed E-state index contributed by atoms with van der Waals surface area (Å²) in [6, 6.07) is 0.267. The summed E-state index contributed by atoms with van der Waals surface area (Å²) in [5.41, 5.74) is 6.73. The van der Waals surface area contributed by atoms with E-state index in [4.69, 9.17) is 10.5 Å². The van der Waals surface area contributed by atoms with E-state index in [1.807, 2.05) is 0 Å². The van der Waals surface area contributed by atoms with Gasteiger partial charge in [-0.05, 0) is 55.8 Å². The van der Waals surface area contributed by atoms with Gasteiger partial charge in [0.1, 0.15) is 0 Å². The summed E-state index contributed by atoms with van der Waals surface area (Å²) in [7, 11) is 0. The highest BCUT2D eigenvalue weighted by atomic mass is 16.5. The van der Waals surface area contributed by atoms with Crippen molar-refractivity contribution in [1.82, 2.24) is 0 Å². The molecule has 0 bridgehead atoms. The zero-order chi connectivity index (χ0) is 14.0. The number of ether oxygens (including phenoxy) is 1. The van der Waals surface area contributed by atoms with Crippen LogP contribution in [0.3, 0.4) is 0 Å². The third kappa shape index (κ3) is 4.19. The molecule has 0 amide bonds. The van der Waals surface area contributed by atoms with Gasteiger partial charge < -0.3 is 10.5 Å². The molecule has 2 nitrogen and oxygen atoms in total. The highest BCUT2D eigenvalue weighted by Crippen LogP contribution is 2.41. The molecule has 2 heteroatoms. The van der Waals surface area contributed by atoms with Crippen molar-refractivity contribution in [2.24, 2.45) is 23.0 Å². The minimum Gasteiger partial charge on any atom is -0.373 e. The fourth-order valence-corrected chi connectivity index (χ4v) is 4.37. The van der Waals surface area contributed by atoms with Crippen LogP contribution in [0.25, 0.3) is 0 Å². The minimum atomic E-state index is 0.267. The van der Waals surface area contributed by atoms with Crippen LogP contribution in [0.2, 0.25) is 0 Å². The lowest BCUT2D eigenvalue weighted by molar-refractivity contribution is -0.0901. The van der Waals surface area contributed by atoms with E-state index in [0.29, 0.717) is 17.6 Å². The molecule has 0 spiro atoms. The van der Waals surface area contributed by atoms with Crippen molar-refractivity contribution in [2.45, 2.75) is 90.9 Å². The van der Waals surface area contributed by atoms with Gasteiger partial charge in [0.15, 0.2) is 0 Å². The van der Waals surface area contributed by atoms with Crippen LogP contribution in [0.5, 0.6) is 0 Å². The Balaban J connectivity index is 1.91. The number of rotatable bonds is 3. The maximum atomic E-state index is 6.46. The second-order valence-corrected chi connectivity index (χ2v) is 7.96. The van der Waals surface area contributed by atoms with Gasteiger partial charge in [-0.25, -0.2) is 0 Å². The van der Waals surface area contributed by atoms with Crippen LogP contribution in [0, 0.1) is 17.3 Å². The van der Waals surface area contributed by atoms with Crippen LogP contribution in [0.1, 0.15) is 72.6 Å². The van der Waals surface area contributed by atoms with Crippen molar-refractivity contribution in [1.29, 1.82) is 0 Å². The number of hydrogen-bond acceptors (Lipinski definition) is 2. The minimum absolute atomic E-state index is 0.267. The zero-order valence-electron chi connectivity index (χ0n) is 13.3. The predicted octanol–water partition coefficient (Wildman–Crippen LogP) is 4.12. The van der Waals surface area contributed by atoms with E-state index in [9.17, 15) is 0 Å². The zero-order valence-corrected chi connectivity index (χ0v) is 13.3. The second-order valence-electron chi connectivity index (χ2n) is 7.96. The Kier molecular flexibility index (Phi) is 4.94. The predicted molar refractivity (Wildman–Crippen MR) is 81.1 cm³/mol. The summed E-state index contributed by atoms with van der Waals surface area (Å²) in [5.74, 6) is 1.62. The Bertz CT molecular complexity index is 289. The lowest BCUT2D eigenvalue weighted by atomic mass is 9.71. The molecule has 0 saturated heterocycles. The van der Waals surface area contributed by atoms with E-state index < -0.39 is 0 Å². The normalized spacial score (nSPS) is 43.1. The van der Waals surface area contributed by atoms with Gasteiger partial charge in [0.25, 0.3) is 0 Å². The van der Waals surface area contributed by atoms with Crippen molar-refractivity contribution in [2.75, 3.05) is 0 Å². The van der Waals surface area contributed by atoms with E-state index in [2.05, 4.69) is 27.7 Å². The fourth-order valence-electron chi connectivity index (χ4n) is 4.37. The van der Waals surface area contributed by atoms with Crippen molar-refractivity contribution in [3.8, 4) is 0 Å². The Hall–Kier alpha value is -0.0800. The van der Waals surface area contributed by atoms with Gasteiger partial charge in [-0.1, -0.05) is 34.1 Å². The molecule has 2 N–H and O–H groups in total. The lowest BCUT2D eigenvalue weighted by Gasteiger charge is -2.42. The summed E-state index contributed by atoms with van der Waals surface area (Å²) in [4.78, 5) is 0. The van der Waals surface area contributed by atoms with E-state index in [1.54, 1.807) is 0 Å². The van der Waals surface area contributed by atoms with Crippen molar-refractivity contribution in [3.63, 3.8) is 0 Å². The number of hydrogen-bond donors (Lipinski definition) is 1. The Morgan fingerprint density at radius 3 is 2.53 bits per heavy atom. The summed E-state index contributed by atoms with van der Waals surface area (Å²) in [6.45, 7) is 9.43. The van der Waals surface area contributed by atoms with E-state index in [-0.39, 0.29) is 6.04 Å². The first-order valence-corrected chi connectivity index (χ1v) is 8.30. The molecule has 112 valence electrons. The highest BCUT2D eigenvalue weighted by Gasteiger charge is 2.36. The average molecular weight is 267 g/mol. The van der Waals surface area contributed by atoms with Gasteiger partial charge in [-0.15, -0.1) is 0 Å².